The van der Waals surface area contributed by atoms with E-state index in [1.54, 1.807) is 12.1 Å². The third kappa shape index (κ3) is 5.71. The number of aromatic nitrogens is 1. The summed E-state index contributed by atoms with van der Waals surface area (Å²) in [6.07, 6.45) is -1.62. The van der Waals surface area contributed by atoms with Crippen LogP contribution in [0.15, 0.2) is 70.2 Å². The van der Waals surface area contributed by atoms with E-state index in [9.17, 15) is 26.4 Å². The monoisotopic (exact) mass is 551 g/mol. The van der Waals surface area contributed by atoms with Gasteiger partial charge in [-0.2, -0.15) is 13.2 Å². The first-order valence-electron chi connectivity index (χ1n) is 11.4. The lowest BCUT2D eigenvalue weighted by Gasteiger charge is -2.20. The molecule has 0 saturated carbocycles. The number of unbranched alkanes of at least 4 members (excludes halogenated alkanes) is 1. The number of halogens is 3. The third-order valence-corrected chi connectivity index (χ3v) is 8.63. The second-order valence-corrected chi connectivity index (χ2v) is 11.4. The van der Waals surface area contributed by atoms with E-state index < -0.39 is 27.7 Å². The zero-order valence-corrected chi connectivity index (χ0v) is 21.7. The van der Waals surface area contributed by atoms with Crippen molar-refractivity contribution < 1.29 is 30.8 Å². The number of sulfonamides is 1. The molecule has 0 aliphatic heterocycles. The van der Waals surface area contributed by atoms with E-state index in [4.69, 9.17) is 4.42 Å². The summed E-state index contributed by atoms with van der Waals surface area (Å²) in [6.45, 7) is 2.26. The van der Waals surface area contributed by atoms with Crippen molar-refractivity contribution in [2.24, 2.45) is 0 Å². The van der Waals surface area contributed by atoms with Crippen molar-refractivity contribution in [3.63, 3.8) is 0 Å². The van der Waals surface area contributed by atoms with Crippen molar-refractivity contribution in [1.82, 2.24) is 9.29 Å². The second kappa shape index (κ2) is 10.6. The standard InChI is InChI=1S/C25H24F3N3O4S2/c1-3-4-14-30(2)37(33,34)19-12-10-17(11-13-19)23(32)31(16-18-7-6-15-35-18)24-29-22-20(25(26,27)28)8-5-9-21(22)36-24/h5-13,15H,3-4,14,16H2,1-2H3. The normalized spacial score (nSPS) is 12.4. The minimum Gasteiger partial charge on any atom is -0.467 e. The molecular formula is C25H24F3N3O4S2. The number of hydrogen-bond acceptors (Lipinski definition) is 6. The Balaban J connectivity index is 1.70. The number of para-hydroxylation sites is 1. The SMILES string of the molecule is CCCCN(C)S(=O)(=O)c1ccc(C(=O)N(Cc2ccco2)c2nc3c(C(F)(F)F)cccc3s2)cc1. The fourth-order valence-corrected chi connectivity index (χ4v) is 5.87. The van der Waals surface area contributed by atoms with Gasteiger partial charge in [-0.15, -0.1) is 0 Å². The van der Waals surface area contributed by atoms with Crippen molar-refractivity contribution in [1.29, 1.82) is 0 Å². The maximum absolute atomic E-state index is 13.5. The molecule has 0 bridgehead atoms. The molecule has 37 heavy (non-hydrogen) atoms. The zero-order valence-electron chi connectivity index (χ0n) is 20.0. The first-order valence-corrected chi connectivity index (χ1v) is 13.7. The number of carbonyl (C=O) groups excluding carboxylic acids is 1. The van der Waals surface area contributed by atoms with Gasteiger partial charge < -0.3 is 4.42 Å². The molecule has 0 atom stereocenters. The molecule has 0 aliphatic carbocycles. The van der Waals surface area contributed by atoms with Crippen molar-refractivity contribution in [2.45, 2.75) is 37.4 Å². The Morgan fingerprint density at radius 2 is 1.81 bits per heavy atom. The van der Waals surface area contributed by atoms with Gasteiger partial charge in [-0.1, -0.05) is 30.7 Å². The molecule has 7 nitrogen and oxygen atoms in total. The molecule has 0 spiro atoms. The number of amides is 1. The predicted molar refractivity (Wildman–Crippen MR) is 135 cm³/mol. The van der Waals surface area contributed by atoms with E-state index in [1.807, 2.05) is 6.92 Å². The van der Waals surface area contributed by atoms with Crippen molar-refractivity contribution in [3.05, 3.63) is 77.7 Å². The number of fused-ring (bicyclic) bond motifs is 1. The van der Waals surface area contributed by atoms with Crippen molar-refractivity contribution >= 4 is 42.6 Å². The maximum Gasteiger partial charge on any atom is 0.418 e. The summed E-state index contributed by atoms with van der Waals surface area (Å²) in [7, 11) is -2.23. The van der Waals surface area contributed by atoms with Gasteiger partial charge in [0.05, 0.1) is 33.5 Å². The molecule has 0 aliphatic rings. The van der Waals surface area contributed by atoms with E-state index in [0.717, 1.165) is 23.8 Å². The van der Waals surface area contributed by atoms with Crippen LogP contribution in [-0.2, 0) is 22.7 Å². The van der Waals surface area contributed by atoms with Crippen LogP contribution in [0, 0.1) is 0 Å². The lowest BCUT2D eigenvalue weighted by Crippen LogP contribution is -2.30. The van der Waals surface area contributed by atoms with E-state index in [0.29, 0.717) is 18.7 Å². The van der Waals surface area contributed by atoms with Gasteiger partial charge in [-0.05, 0) is 55.0 Å². The summed E-state index contributed by atoms with van der Waals surface area (Å²) >= 11 is 0.949. The van der Waals surface area contributed by atoms with Crippen LogP contribution < -0.4 is 4.90 Å². The Labute approximate surface area is 216 Å². The number of hydrogen-bond donors (Lipinski definition) is 0. The fraction of sp³-hybridized carbons (Fsp3) is 0.280. The molecule has 2 heterocycles. The number of alkyl halides is 3. The molecule has 196 valence electrons. The Morgan fingerprint density at radius 1 is 1.08 bits per heavy atom. The van der Waals surface area contributed by atoms with E-state index in [2.05, 4.69) is 4.98 Å². The summed E-state index contributed by atoms with van der Waals surface area (Å²) < 4.78 is 73.1. The number of carbonyl (C=O) groups is 1. The molecule has 1 amide bonds. The van der Waals surface area contributed by atoms with Crippen LogP contribution in [0.5, 0.6) is 0 Å². The first-order chi connectivity index (χ1) is 17.5. The van der Waals surface area contributed by atoms with E-state index in [1.165, 1.54) is 58.9 Å². The highest BCUT2D eigenvalue weighted by Gasteiger charge is 2.34. The Kier molecular flexibility index (Phi) is 7.72. The van der Waals surface area contributed by atoms with Crippen LogP contribution in [0.2, 0.25) is 0 Å². The van der Waals surface area contributed by atoms with Gasteiger partial charge >= 0.3 is 6.18 Å². The molecule has 4 rings (SSSR count). The van der Waals surface area contributed by atoms with Crippen molar-refractivity contribution in [3.8, 4) is 0 Å². The number of furan rings is 1. The number of anilines is 1. The van der Waals surface area contributed by atoms with Crippen molar-refractivity contribution in [2.75, 3.05) is 18.5 Å². The molecule has 0 fully saturated rings. The summed E-state index contributed by atoms with van der Waals surface area (Å²) in [4.78, 5) is 19.0. The van der Waals surface area contributed by atoms with Gasteiger partial charge in [-0.3, -0.25) is 9.69 Å². The number of rotatable bonds is 9. The largest absolute Gasteiger partial charge is 0.467 e. The van der Waals surface area contributed by atoms with E-state index in [-0.39, 0.29) is 32.4 Å². The highest BCUT2D eigenvalue weighted by atomic mass is 32.2. The smallest absolute Gasteiger partial charge is 0.418 e. The summed E-state index contributed by atoms with van der Waals surface area (Å²) in [5.74, 6) is -0.160. The highest BCUT2D eigenvalue weighted by molar-refractivity contribution is 7.89. The van der Waals surface area contributed by atoms with Crippen LogP contribution >= 0.6 is 11.3 Å². The molecule has 2 aromatic heterocycles. The topological polar surface area (TPSA) is 83.7 Å². The zero-order chi connectivity index (χ0) is 26.8. The molecule has 0 saturated heterocycles. The lowest BCUT2D eigenvalue weighted by atomic mass is 10.2. The van der Waals surface area contributed by atoms with Gasteiger partial charge in [0.2, 0.25) is 10.0 Å². The Bertz CT molecular complexity index is 1480. The van der Waals surface area contributed by atoms with Crippen LogP contribution in [0.1, 0.15) is 41.4 Å². The highest BCUT2D eigenvalue weighted by Crippen LogP contribution is 2.39. The van der Waals surface area contributed by atoms with Gasteiger partial charge in [0.1, 0.15) is 5.76 Å². The summed E-state index contributed by atoms with van der Waals surface area (Å²) in [5.41, 5.74) is -0.986. The first kappa shape index (κ1) is 26.8. The molecule has 0 N–H and O–H groups in total. The fourth-order valence-electron chi connectivity index (χ4n) is 3.67. The maximum atomic E-state index is 13.5. The molecule has 2 aromatic carbocycles. The minimum atomic E-state index is -4.60. The van der Waals surface area contributed by atoms with Crippen LogP contribution in [0.3, 0.4) is 0 Å². The molecule has 0 radical (unpaired) electrons. The average Bonchev–Trinajstić information content (AvgIpc) is 3.54. The number of nitrogens with zero attached hydrogens (tertiary/aromatic N) is 3. The molecule has 12 heteroatoms. The number of benzene rings is 2. The van der Waals surface area contributed by atoms with Gasteiger partial charge in [0, 0.05) is 19.2 Å². The van der Waals surface area contributed by atoms with Gasteiger partial charge in [0.15, 0.2) is 5.13 Å². The van der Waals surface area contributed by atoms with Gasteiger partial charge in [-0.25, -0.2) is 17.7 Å². The average molecular weight is 552 g/mol. The summed E-state index contributed by atoms with van der Waals surface area (Å²) in [6, 6.07) is 12.5. The van der Waals surface area contributed by atoms with E-state index >= 15 is 0 Å². The second-order valence-electron chi connectivity index (χ2n) is 8.32. The molecular weight excluding hydrogens is 527 g/mol. The quantitative estimate of drug-likeness (QED) is 0.248. The predicted octanol–water partition coefficient (Wildman–Crippen LogP) is 6.18. The minimum absolute atomic E-state index is 0.0371. The lowest BCUT2D eigenvalue weighted by molar-refractivity contribution is -0.136. The summed E-state index contributed by atoms with van der Waals surface area (Å²) in [5, 5.41) is 0.0593. The van der Waals surface area contributed by atoms with Crippen LogP contribution in [0.4, 0.5) is 18.3 Å². The Hall–Kier alpha value is -3.22. The number of thiazole rings is 1. The van der Waals surface area contributed by atoms with Crippen LogP contribution in [0.25, 0.3) is 10.2 Å². The molecule has 0 unspecified atom stereocenters. The molecule has 4 aromatic rings. The Morgan fingerprint density at radius 3 is 2.43 bits per heavy atom. The third-order valence-electron chi connectivity index (χ3n) is 5.72. The van der Waals surface area contributed by atoms with Gasteiger partial charge in [0.25, 0.3) is 5.91 Å². The van der Waals surface area contributed by atoms with Crippen LogP contribution in [-0.4, -0.2) is 37.2 Å².